The van der Waals surface area contributed by atoms with Gasteiger partial charge in [-0.25, -0.2) is 0 Å². The van der Waals surface area contributed by atoms with Crippen molar-refractivity contribution in [2.75, 3.05) is 18.0 Å². The van der Waals surface area contributed by atoms with Gasteiger partial charge in [0.15, 0.2) is 18.1 Å². The summed E-state index contributed by atoms with van der Waals surface area (Å²) in [4.78, 5) is 26.5. The van der Waals surface area contributed by atoms with Crippen molar-refractivity contribution in [3.8, 4) is 11.6 Å². The van der Waals surface area contributed by atoms with Crippen LogP contribution in [0.15, 0.2) is 28.8 Å². The van der Waals surface area contributed by atoms with E-state index in [4.69, 9.17) is 21.2 Å². The number of piperidine rings is 1. The number of benzene rings is 1. The Balaban J connectivity index is 1.39. The SMILES string of the molecule is Cc1ccc(C(=O)C2CCN(c3cc(-c4nnn(CC(=O)O)n4)on3)CC2)c(Cl)c1. The second-order valence-electron chi connectivity index (χ2n) is 7.20. The zero-order chi connectivity index (χ0) is 21.3. The minimum Gasteiger partial charge on any atom is -0.480 e. The molecule has 3 aromatic rings. The topological polar surface area (TPSA) is 127 Å². The predicted molar refractivity (Wildman–Crippen MR) is 106 cm³/mol. The second kappa shape index (κ2) is 8.23. The van der Waals surface area contributed by atoms with Crippen LogP contribution in [0, 0.1) is 12.8 Å². The summed E-state index contributed by atoms with van der Waals surface area (Å²) in [6.45, 7) is 2.84. The zero-order valence-corrected chi connectivity index (χ0v) is 16.9. The average molecular weight is 431 g/mol. The van der Waals surface area contributed by atoms with Gasteiger partial charge in [-0.3, -0.25) is 9.59 Å². The van der Waals surface area contributed by atoms with Crippen molar-refractivity contribution in [3.63, 3.8) is 0 Å². The zero-order valence-electron chi connectivity index (χ0n) is 16.2. The third kappa shape index (κ3) is 4.18. The van der Waals surface area contributed by atoms with Crippen LogP contribution in [0.1, 0.15) is 28.8 Å². The monoisotopic (exact) mass is 430 g/mol. The summed E-state index contributed by atoms with van der Waals surface area (Å²) in [7, 11) is 0. The van der Waals surface area contributed by atoms with Gasteiger partial charge in [0.1, 0.15) is 0 Å². The number of Topliss-reactive ketones (excluding diaryl/α,β-unsaturated/α-hetero) is 1. The summed E-state index contributed by atoms with van der Waals surface area (Å²) in [5.41, 5.74) is 1.59. The van der Waals surface area contributed by atoms with E-state index < -0.39 is 5.97 Å². The molecule has 10 nitrogen and oxygen atoms in total. The van der Waals surface area contributed by atoms with Crippen molar-refractivity contribution < 1.29 is 19.2 Å². The lowest BCUT2D eigenvalue weighted by Crippen LogP contribution is -2.36. The normalized spacial score (nSPS) is 14.8. The molecule has 0 aliphatic carbocycles. The fraction of sp³-hybridized carbons (Fsp3) is 0.368. The summed E-state index contributed by atoms with van der Waals surface area (Å²) in [6, 6.07) is 7.18. The Morgan fingerprint density at radius 3 is 2.73 bits per heavy atom. The molecule has 0 spiro atoms. The number of carbonyl (C=O) groups excluding carboxylic acids is 1. The van der Waals surface area contributed by atoms with Gasteiger partial charge in [-0.15, -0.1) is 10.2 Å². The Hall–Kier alpha value is -3.27. The number of carboxylic acids is 1. The molecule has 1 aromatic carbocycles. The number of aromatic nitrogens is 5. The van der Waals surface area contributed by atoms with Gasteiger partial charge >= 0.3 is 5.97 Å². The van der Waals surface area contributed by atoms with Crippen molar-refractivity contribution in [2.24, 2.45) is 5.92 Å². The van der Waals surface area contributed by atoms with Crippen LogP contribution in [0.5, 0.6) is 0 Å². The number of aryl methyl sites for hydroxylation is 1. The molecule has 0 amide bonds. The summed E-state index contributed by atoms with van der Waals surface area (Å²) in [5.74, 6) is -0.0223. The summed E-state index contributed by atoms with van der Waals surface area (Å²) in [5, 5.41) is 24.7. The first-order valence-corrected chi connectivity index (χ1v) is 9.80. The van der Waals surface area contributed by atoms with E-state index in [0.29, 0.717) is 48.1 Å². The first kappa shape index (κ1) is 20.0. The fourth-order valence-corrected chi connectivity index (χ4v) is 3.79. The van der Waals surface area contributed by atoms with Gasteiger partial charge in [0.25, 0.3) is 0 Å². The summed E-state index contributed by atoms with van der Waals surface area (Å²) >= 11 is 6.25. The number of tetrazole rings is 1. The van der Waals surface area contributed by atoms with Gasteiger partial charge in [-0.2, -0.15) is 4.80 Å². The van der Waals surface area contributed by atoms with E-state index in [1.165, 1.54) is 0 Å². The maximum atomic E-state index is 12.8. The van der Waals surface area contributed by atoms with Crippen LogP contribution in [0.3, 0.4) is 0 Å². The van der Waals surface area contributed by atoms with Crippen molar-refractivity contribution in [2.45, 2.75) is 26.3 Å². The highest BCUT2D eigenvalue weighted by Crippen LogP contribution is 2.29. The van der Waals surface area contributed by atoms with E-state index in [1.807, 2.05) is 24.0 Å². The van der Waals surface area contributed by atoms with E-state index in [-0.39, 0.29) is 24.1 Å². The molecular weight excluding hydrogens is 412 g/mol. The van der Waals surface area contributed by atoms with Crippen LogP contribution in [0.2, 0.25) is 5.02 Å². The Kier molecular flexibility index (Phi) is 5.49. The van der Waals surface area contributed by atoms with Crippen LogP contribution in [-0.4, -0.2) is 55.3 Å². The standard InChI is InChI=1S/C19H19ClN6O4/c1-11-2-3-13(14(20)8-11)18(29)12-4-6-25(7-5-12)16-9-15(30-23-16)19-21-24-26(22-19)10-17(27)28/h2-3,8-9,12H,4-7,10H2,1H3,(H,27,28). The minimum atomic E-state index is -1.07. The quantitative estimate of drug-likeness (QED) is 0.586. The maximum Gasteiger partial charge on any atom is 0.327 e. The number of rotatable bonds is 6. The third-order valence-electron chi connectivity index (χ3n) is 5.03. The third-order valence-corrected chi connectivity index (χ3v) is 5.34. The van der Waals surface area contributed by atoms with E-state index in [1.54, 1.807) is 12.1 Å². The maximum absolute atomic E-state index is 12.8. The van der Waals surface area contributed by atoms with Crippen LogP contribution in [0.25, 0.3) is 11.6 Å². The summed E-state index contributed by atoms with van der Waals surface area (Å²) < 4.78 is 5.29. The Morgan fingerprint density at radius 2 is 2.03 bits per heavy atom. The average Bonchev–Trinajstić information content (AvgIpc) is 3.37. The van der Waals surface area contributed by atoms with Gasteiger partial charge in [-0.05, 0) is 42.7 Å². The number of anilines is 1. The molecule has 0 atom stereocenters. The van der Waals surface area contributed by atoms with Crippen LogP contribution >= 0.6 is 11.6 Å². The number of nitrogens with zero attached hydrogens (tertiary/aromatic N) is 6. The number of halogens is 1. The highest BCUT2D eigenvalue weighted by molar-refractivity contribution is 6.34. The lowest BCUT2D eigenvalue weighted by Gasteiger charge is -2.31. The predicted octanol–water partition coefficient (Wildman–Crippen LogP) is 2.47. The molecule has 0 bridgehead atoms. The molecule has 11 heteroatoms. The molecule has 0 saturated carbocycles. The Bertz CT molecular complexity index is 1090. The van der Waals surface area contributed by atoms with Crippen LogP contribution < -0.4 is 4.90 Å². The van der Waals surface area contributed by atoms with Gasteiger partial charge in [0.05, 0.1) is 5.02 Å². The van der Waals surface area contributed by atoms with Gasteiger partial charge in [0.2, 0.25) is 11.6 Å². The second-order valence-corrected chi connectivity index (χ2v) is 7.60. The summed E-state index contributed by atoms with van der Waals surface area (Å²) in [6.07, 6.45) is 1.36. The van der Waals surface area contributed by atoms with Gasteiger partial charge in [0, 0.05) is 30.6 Å². The van der Waals surface area contributed by atoms with Crippen molar-refractivity contribution in [1.82, 2.24) is 25.4 Å². The van der Waals surface area contributed by atoms with Crippen molar-refractivity contribution >= 4 is 29.2 Å². The molecule has 3 heterocycles. The number of aliphatic carboxylic acids is 1. The minimum absolute atomic E-state index is 0.0692. The van der Waals surface area contributed by atoms with E-state index in [0.717, 1.165) is 10.4 Å². The van der Waals surface area contributed by atoms with E-state index in [9.17, 15) is 9.59 Å². The molecule has 0 radical (unpaired) electrons. The molecule has 1 N–H and O–H groups in total. The molecule has 0 unspecified atom stereocenters. The Morgan fingerprint density at radius 1 is 1.27 bits per heavy atom. The molecule has 30 heavy (non-hydrogen) atoms. The van der Waals surface area contributed by atoms with Gasteiger partial charge in [-0.1, -0.05) is 22.8 Å². The molecule has 1 saturated heterocycles. The molecule has 1 aliphatic rings. The molecule has 2 aromatic heterocycles. The largest absolute Gasteiger partial charge is 0.480 e. The highest BCUT2D eigenvalue weighted by Gasteiger charge is 2.28. The number of carboxylic acid groups (broad SMARTS) is 1. The first-order chi connectivity index (χ1) is 14.4. The number of carbonyl (C=O) groups is 2. The highest BCUT2D eigenvalue weighted by atomic mass is 35.5. The van der Waals surface area contributed by atoms with Gasteiger partial charge < -0.3 is 14.5 Å². The lowest BCUT2D eigenvalue weighted by molar-refractivity contribution is -0.138. The number of hydrogen-bond acceptors (Lipinski definition) is 8. The Labute approximate surface area is 176 Å². The van der Waals surface area contributed by atoms with E-state index in [2.05, 4.69) is 20.6 Å². The van der Waals surface area contributed by atoms with Crippen LogP contribution in [0.4, 0.5) is 5.82 Å². The number of hydrogen-bond donors (Lipinski definition) is 1. The first-order valence-electron chi connectivity index (χ1n) is 9.42. The number of ketones is 1. The lowest BCUT2D eigenvalue weighted by atomic mass is 9.88. The van der Waals surface area contributed by atoms with Crippen molar-refractivity contribution in [1.29, 1.82) is 0 Å². The van der Waals surface area contributed by atoms with Crippen molar-refractivity contribution in [3.05, 3.63) is 40.4 Å². The molecule has 4 rings (SSSR count). The molecule has 156 valence electrons. The van der Waals surface area contributed by atoms with Crippen LogP contribution in [-0.2, 0) is 11.3 Å². The molecule has 1 fully saturated rings. The smallest absolute Gasteiger partial charge is 0.327 e. The van der Waals surface area contributed by atoms with E-state index >= 15 is 0 Å². The molecule has 1 aliphatic heterocycles. The molecular formula is C19H19ClN6O4. The fourth-order valence-electron chi connectivity index (χ4n) is 3.46.